The zero-order valence-electron chi connectivity index (χ0n) is 18.4. The standard InChI is InChI=1S/C23H29BrN2O5/c1-5-10-30-19-9-8-17(14-20(19)29-7-3)23(27)26-25-15-16-12-18(24)22(31-11-6-2)21(13-16)28-4/h8-9,12-15H,5-7,10-11H2,1-4H3,(H,26,27)/b25-15+. The first-order chi connectivity index (χ1) is 15.0. The van der Waals surface area contributed by atoms with Crippen LogP contribution in [0.5, 0.6) is 23.0 Å². The first-order valence-corrected chi connectivity index (χ1v) is 11.1. The molecule has 0 radical (unpaired) electrons. The molecule has 0 bridgehead atoms. The van der Waals surface area contributed by atoms with Crippen LogP contribution in [-0.2, 0) is 0 Å². The van der Waals surface area contributed by atoms with Crippen LogP contribution in [0.15, 0.2) is 39.9 Å². The van der Waals surface area contributed by atoms with Gasteiger partial charge in [0.2, 0.25) is 0 Å². The molecule has 0 atom stereocenters. The van der Waals surface area contributed by atoms with Crippen LogP contribution in [0.4, 0.5) is 0 Å². The van der Waals surface area contributed by atoms with Crippen molar-refractivity contribution in [3.63, 3.8) is 0 Å². The second kappa shape index (κ2) is 12.8. The molecule has 0 saturated heterocycles. The van der Waals surface area contributed by atoms with Gasteiger partial charge in [0.05, 0.1) is 37.6 Å². The topological polar surface area (TPSA) is 78.4 Å². The second-order valence-electron chi connectivity index (χ2n) is 6.52. The molecule has 0 unspecified atom stereocenters. The summed E-state index contributed by atoms with van der Waals surface area (Å²) in [6, 6.07) is 8.70. The van der Waals surface area contributed by atoms with Crippen molar-refractivity contribution in [2.45, 2.75) is 33.6 Å². The summed E-state index contributed by atoms with van der Waals surface area (Å²) >= 11 is 3.49. The van der Waals surface area contributed by atoms with Gasteiger partial charge in [-0.25, -0.2) is 5.43 Å². The van der Waals surface area contributed by atoms with E-state index in [1.54, 1.807) is 31.4 Å². The number of ether oxygens (including phenoxy) is 4. The summed E-state index contributed by atoms with van der Waals surface area (Å²) in [5.41, 5.74) is 3.70. The van der Waals surface area contributed by atoms with Gasteiger partial charge >= 0.3 is 0 Å². The van der Waals surface area contributed by atoms with Gasteiger partial charge in [0.15, 0.2) is 23.0 Å². The molecule has 2 aromatic rings. The lowest BCUT2D eigenvalue weighted by atomic mass is 10.2. The number of benzene rings is 2. The van der Waals surface area contributed by atoms with Crippen molar-refractivity contribution in [1.82, 2.24) is 5.43 Å². The van der Waals surface area contributed by atoms with E-state index in [1.165, 1.54) is 6.21 Å². The number of hydrogen-bond donors (Lipinski definition) is 1. The molecule has 31 heavy (non-hydrogen) atoms. The van der Waals surface area contributed by atoms with Gasteiger partial charge in [-0.2, -0.15) is 5.10 Å². The van der Waals surface area contributed by atoms with E-state index < -0.39 is 0 Å². The molecule has 0 aliphatic rings. The summed E-state index contributed by atoms with van der Waals surface area (Å²) < 4.78 is 23.1. The maximum Gasteiger partial charge on any atom is 0.271 e. The molecule has 8 heteroatoms. The Morgan fingerprint density at radius 2 is 1.74 bits per heavy atom. The first kappa shape index (κ1) is 24.5. The minimum absolute atomic E-state index is 0.354. The monoisotopic (exact) mass is 492 g/mol. The highest BCUT2D eigenvalue weighted by atomic mass is 79.9. The van der Waals surface area contributed by atoms with Crippen molar-refractivity contribution in [2.24, 2.45) is 5.10 Å². The molecule has 1 amide bonds. The highest BCUT2D eigenvalue weighted by Crippen LogP contribution is 2.36. The van der Waals surface area contributed by atoms with Crippen LogP contribution in [0, 0.1) is 0 Å². The molecule has 0 aliphatic carbocycles. The molecule has 0 saturated carbocycles. The number of carbonyl (C=O) groups excluding carboxylic acids is 1. The van der Waals surface area contributed by atoms with Gasteiger partial charge in [-0.05, 0) is 71.6 Å². The Morgan fingerprint density at radius 1 is 1.00 bits per heavy atom. The van der Waals surface area contributed by atoms with E-state index in [1.807, 2.05) is 26.8 Å². The van der Waals surface area contributed by atoms with E-state index in [2.05, 4.69) is 26.5 Å². The third-order valence-electron chi connectivity index (χ3n) is 4.05. The maximum atomic E-state index is 12.5. The van der Waals surface area contributed by atoms with Crippen LogP contribution in [0.3, 0.4) is 0 Å². The Bertz CT molecular complexity index is 902. The average Bonchev–Trinajstić information content (AvgIpc) is 2.77. The third-order valence-corrected chi connectivity index (χ3v) is 4.64. The summed E-state index contributed by atoms with van der Waals surface area (Å²) in [6.07, 6.45) is 3.31. The summed E-state index contributed by atoms with van der Waals surface area (Å²) in [6.45, 7) is 7.58. The SMILES string of the molecule is CCCOc1ccc(C(=O)N/N=C/c2cc(Br)c(OCCC)c(OC)c2)cc1OCC. The molecule has 1 N–H and O–H groups in total. The number of hydrazone groups is 1. The lowest BCUT2D eigenvalue weighted by Crippen LogP contribution is -2.17. The van der Waals surface area contributed by atoms with Gasteiger partial charge in [0.1, 0.15) is 0 Å². The molecule has 0 spiro atoms. The molecular weight excluding hydrogens is 464 g/mol. The number of hydrogen-bond acceptors (Lipinski definition) is 6. The van der Waals surface area contributed by atoms with Gasteiger partial charge in [0.25, 0.3) is 5.91 Å². The predicted octanol–water partition coefficient (Wildman–Crippen LogP) is 5.20. The smallest absolute Gasteiger partial charge is 0.271 e. The Balaban J connectivity index is 2.11. The zero-order valence-corrected chi connectivity index (χ0v) is 20.0. The van der Waals surface area contributed by atoms with Gasteiger partial charge in [-0.15, -0.1) is 0 Å². The quantitative estimate of drug-likeness (QED) is 0.325. The Morgan fingerprint density at radius 3 is 2.42 bits per heavy atom. The maximum absolute atomic E-state index is 12.5. The molecule has 0 aromatic heterocycles. The van der Waals surface area contributed by atoms with Crippen molar-refractivity contribution >= 4 is 28.1 Å². The van der Waals surface area contributed by atoms with Gasteiger partial charge < -0.3 is 18.9 Å². The normalized spacial score (nSPS) is 10.7. The van der Waals surface area contributed by atoms with E-state index in [9.17, 15) is 4.79 Å². The van der Waals surface area contributed by atoms with Crippen molar-refractivity contribution in [3.05, 3.63) is 45.9 Å². The Hall–Kier alpha value is -2.74. The molecule has 168 valence electrons. The highest BCUT2D eigenvalue weighted by Gasteiger charge is 2.13. The second-order valence-corrected chi connectivity index (χ2v) is 7.38. The van der Waals surface area contributed by atoms with Gasteiger partial charge in [-0.1, -0.05) is 13.8 Å². The van der Waals surface area contributed by atoms with Crippen LogP contribution in [-0.4, -0.2) is 39.1 Å². The van der Waals surface area contributed by atoms with E-state index in [4.69, 9.17) is 18.9 Å². The highest BCUT2D eigenvalue weighted by molar-refractivity contribution is 9.10. The lowest BCUT2D eigenvalue weighted by molar-refractivity contribution is 0.0954. The van der Waals surface area contributed by atoms with E-state index in [-0.39, 0.29) is 5.91 Å². The number of halogens is 1. The number of nitrogens with zero attached hydrogens (tertiary/aromatic N) is 1. The minimum Gasteiger partial charge on any atom is -0.493 e. The van der Waals surface area contributed by atoms with Crippen molar-refractivity contribution < 1.29 is 23.7 Å². The number of amides is 1. The molecule has 0 heterocycles. The summed E-state index contributed by atoms with van der Waals surface area (Å²) in [4.78, 5) is 12.5. The van der Waals surface area contributed by atoms with Crippen LogP contribution >= 0.6 is 15.9 Å². The molecule has 2 rings (SSSR count). The predicted molar refractivity (Wildman–Crippen MR) is 125 cm³/mol. The fraction of sp³-hybridized carbons (Fsp3) is 0.391. The average molecular weight is 493 g/mol. The molecular formula is C23H29BrN2O5. The number of carbonyl (C=O) groups is 1. The van der Waals surface area contributed by atoms with Crippen LogP contribution in [0.25, 0.3) is 0 Å². The van der Waals surface area contributed by atoms with Crippen molar-refractivity contribution in [1.29, 1.82) is 0 Å². The number of methoxy groups -OCH3 is 1. The number of nitrogens with one attached hydrogen (secondary N) is 1. The zero-order chi connectivity index (χ0) is 22.6. The van der Waals surface area contributed by atoms with Crippen LogP contribution in [0.2, 0.25) is 0 Å². The summed E-state index contributed by atoms with van der Waals surface area (Å²) in [5.74, 6) is 2.02. The molecule has 7 nitrogen and oxygen atoms in total. The van der Waals surface area contributed by atoms with Gasteiger partial charge in [0, 0.05) is 5.56 Å². The van der Waals surface area contributed by atoms with Crippen molar-refractivity contribution in [2.75, 3.05) is 26.9 Å². The van der Waals surface area contributed by atoms with Crippen molar-refractivity contribution in [3.8, 4) is 23.0 Å². The molecule has 0 fully saturated rings. The Kier molecular flexibility index (Phi) is 10.2. The lowest BCUT2D eigenvalue weighted by Gasteiger charge is -2.13. The summed E-state index contributed by atoms with van der Waals surface area (Å²) in [5, 5.41) is 4.06. The summed E-state index contributed by atoms with van der Waals surface area (Å²) in [7, 11) is 1.58. The number of rotatable bonds is 12. The largest absolute Gasteiger partial charge is 0.493 e. The third kappa shape index (κ3) is 7.17. The fourth-order valence-corrected chi connectivity index (χ4v) is 3.21. The molecule has 2 aromatic carbocycles. The first-order valence-electron chi connectivity index (χ1n) is 10.3. The fourth-order valence-electron chi connectivity index (χ4n) is 2.64. The van der Waals surface area contributed by atoms with E-state index in [0.29, 0.717) is 48.4 Å². The van der Waals surface area contributed by atoms with E-state index in [0.717, 1.165) is 22.9 Å². The van der Waals surface area contributed by atoms with E-state index >= 15 is 0 Å². The minimum atomic E-state index is -0.354. The van der Waals surface area contributed by atoms with Crippen LogP contribution < -0.4 is 24.4 Å². The van der Waals surface area contributed by atoms with Gasteiger partial charge in [-0.3, -0.25) is 4.79 Å². The Labute approximate surface area is 191 Å². The van der Waals surface area contributed by atoms with Crippen LogP contribution in [0.1, 0.15) is 49.5 Å². The molecule has 0 aliphatic heterocycles.